The third kappa shape index (κ3) is 0.861. The Labute approximate surface area is 131 Å². The number of hydrogen-bond donors (Lipinski definition) is 0. The Hall–Kier alpha value is 0.620. The molecule has 1 aliphatic heterocycles. The lowest BCUT2D eigenvalue weighted by Gasteiger charge is -2.36. The van der Waals surface area contributed by atoms with Crippen molar-refractivity contribution in [1.29, 1.82) is 0 Å². The lowest BCUT2D eigenvalue weighted by molar-refractivity contribution is -0.153. The normalized spacial score (nSPS) is 55.9. The average molecular weight is 371 g/mol. The number of fused-ring (bicyclic) bond motifs is 5. The second kappa shape index (κ2) is 3.10. The molecule has 18 heavy (non-hydrogen) atoms. The smallest absolute Gasteiger partial charge is 0.339 e. The number of ether oxygens (including phenoxy) is 1. The minimum atomic E-state index is -2.17. The molecule has 3 nitrogen and oxygen atoms in total. The van der Waals surface area contributed by atoms with Crippen molar-refractivity contribution in [3.63, 3.8) is 0 Å². The van der Waals surface area contributed by atoms with Gasteiger partial charge in [0.2, 0.25) is 0 Å². The van der Waals surface area contributed by atoms with Gasteiger partial charge in [0, 0.05) is 0 Å². The van der Waals surface area contributed by atoms with Crippen molar-refractivity contribution < 1.29 is 14.3 Å². The maximum atomic E-state index is 11.9. The van der Waals surface area contributed by atoms with E-state index in [2.05, 4.69) is 4.74 Å². The molecule has 3 aliphatic rings. The van der Waals surface area contributed by atoms with Crippen molar-refractivity contribution in [3.05, 3.63) is 12.2 Å². The van der Waals surface area contributed by atoms with Crippen LogP contribution in [0.2, 0.25) is 0 Å². The second-order valence-corrected chi connectivity index (χ2v) is 7.98. The summed E-state index contributed by atoms with van der Waals surface area (Å²) < 4.78 is 2.53. The highest BCUT2D eigenvalue weighted by atomic mass is 35.5. The zero-order chi connectivity index (χ0) is 13.8. The molecule has 0 radical (unpaired) electrons. The fraction of sp³-hybridized carbons (Fsp3) is 0.556. The van der Waals surface area contributed by atoms with E-state index in [0.717, 1.165) is 0 Å². The summed E-state index contributed by atoms with van der Waals surface area (Å²) in [6.45, 7) is 0. The SMILES string of the molecule is O=C1OC(=O)C2(Cl)C3(Cl)C=CC(Cl)(C3(Cl)Cl)C12Cl. The zero-order valence-electron chi connectivity index (χ0n) is 8.15. The molecule has 1 saturated carbocycles. The third-order valence-corrected chi connectivity index (χ3v) is 8.41. The maximum absolute atomic E-state index is 11.9. The van der Waals surface area contributed by atoms with Gasteiger partial charge in [-0.1, -0.05) is 35.4 Å². The second-order valence-electron chi connectivity index (χ2n) is 4.33. The van der Waals surface area contributed by atoms with Crippen LogP contribution in [0, 0.1) is 0 Å². The largest absolute Gasteiger partial charge is 0.390 e. The summed E-state index contributed by atoms with van der Waals surface area (Å²) in [7, 11) is 0. The molecule has 3 rings (SSSR count). The summed E-state index contributed by atoms with van der Waals surface area (Å²) in [5.41, 5.74) is 0. The van der Waals surface area contributed by atoms with Crippen molar-refractivity contribution >= 4 is 81.5 Å². The Balaban J connectivity index is 2.45. The van der Waals surface area contributed by atoms with Gasteiger partial charge in [0.25, 0.3) is 0 Å². The van der Waals surface area contributed by atoms with Crippen LogP contribution in [0.5, 0.6) is 0 Å². The number of hydrogen-bond acceptors (Lipinski definition) is 3. The van der Waals surface area contributed by atoms with Crippen LogP contribution in [0.3, 0.4) is 0 Å². The van der Waals surface area contributed by atoms with E-state index in [0.29, 0.717) is 0 Å². The number of allylic oxidation sites excluding steroid dienone is 2. The van der Waals surface area contributed by atoms with Gasteiger partial charge in [-0.15, -0.1) is 46.4 Å². The summed E-state index contributed by atoms with van der Waals surface area (Å²) >= 11 is 37.2. The fourth-order valence-corrected chi connectivity index (χ4v) is 5.63. The standard InChI is InChI=1S/C9H2Cl6O3/c10-5-1-2-6(11,9(5,14)15)8(13)4(17)18-3(16)7(5,8)12/h1-2H. The first-order chi connectivity index (χ1) is 8.01. The molecular formula is C9H2Cl6O3. The molecule has 0 amide bonds. The highest BCUT2D eigenvalue weighted by Crippen LogP contribution is 2.78. The first-order valence-electron chi connectivity index (χ1n) is 4.61. The number of cyclic esters (lactones) is 2. The number of rotatable bonds is 0. The van der Waals surface area contributed by atoms with Crippen molar-refractivity contribution in [2.45, 2.75) is 23.8 Å². The van der Waals surface area contributed by atoms with Crippen LogP contribution in [0.15, 0.2) is 12.2 Å². The minimum absolute atomic E-state index is 1.11. The quantitative estimate of drug-likeness (QED) is 0.285. The molecule has 4 unspecified atom stereocenters. The van der Waals surface area contributed by atoms with E-state index < -0.39 is 35.8 Å². The van der Waals surface area contributed by atoms with E-state index in [1.165, 1.54) is 12.2 Å². The number of carbonyl (C=O) groups excluding carboxylic acids is 2. The summed E-state index contributed by atoms with van der Waals surface area (Å²) in [4.78, 5) is 15.7. The van der Waals surface area contributed by atoms with Gasteiger partial charge in [-0.2, -0.15) is 0 Å². The molecule has 0 N–H and O–H groups in total. The van der Waals surface area contributed by atoms with E-state index in [-0.39, 0.29) is 0 Å². The highest BCUT2D eigenvalue weighted by molar-refractivity contribution is 6.70. The minimum Gasteiger partial charge on any atom is -0.390 e. The Morgan fingerprint density at radius 2 is 1.11 bits per heavy atom. The van der Waals surface area contributed by atoms with Gasteiger partial charge in [-0.3, -0.25) is 0 Å². The number of esters is 2. The lowest BCUT2D eigenvalue weighted by Crippen LogP contribution is -2.60. The molecule has 98 valence electrons. The Kier molecular flexibility index (Phi) is 2.34. The van der Waals surface area contributed by atoms with Crippen molar-refractivity contribution in [2.24, 2.45) is 0 Å². The monoisotopic (exact) mass is 368 g/mol. The van der Waals surface area contributed by atoms with Gasteiger partial charge in [-0.05, 0) is 0 Å². The van der Waals surface area contributed by atoms with Crippen LogP contribution in [0.25, 0.3) is 0 Å². The molecule has 0 aromatic carbocycles. The predicted octanol–water partition coefficient (Wildman–Crippen LogP) is 2.74. The zero-order valence-corrected chi connectivity index (χ0v) is 12.7. The summed E-state index contributed by atoms with van der Waals surface area (Å²) in [5.74, 6) is -2.23. The highest BCUT2D eigenvalue weighted by Gasteiger charge is 2.96. The van der Waals surface area contributed by atoms with Crippen LogP contribution in [0.1, 0.15) is 0 Å². The van der Waals surface area contributed by atoms with Gasteiger partial charge < -0.3 is 4.74 Å². The van der Waals surface area contributed by atoms with Gasteiger partial charge in [0.15, 0.2) is 14.1 Å². The maximum Gasteiger partial charge on any atom is 0.339 e. The molecule has 2 bridgehead atoms. The Bertz CT molecular complexity index is 502. The van der Waals surface area contributed by atoms with Crippen LogP contribution in [-0.4, -0.2) is 35.8 Å². The molecule has 0 spiro atoms. The van der Waals surface area contributed by atoms with Crippen LogP contribution >= 0.6 is 69.6 Å². The Morgan fingerprint density at radius 1 is 0.778 bits per heavy atom. The first-order valence-corrected chi connectivity index (χ1v) is 6.88. The summed E-state index contributed by atoms with van der Waals surface area (Å²) in [6.07, 6.45) is 2.55. The molecule has 1 saturated heterocycles. The van der Waals surface area contributed by atoms with E-state index in [1.807, 2.05) is 0 Å². The van der Waals surface area contributed by atoms with E-state index in [9.17, 15) is 9.59 Å². The predicted molar refractivity (Wildman–Crippen MR) is 69.0 cm³/mol. The van der Waals surface area contributed by atoms with Crippen LogP contribution in [-0.2, 0) is 14.3 Å². The topological polar surface area (TPSA) is 43.4 Å². The molecule has 2 aliphatic carbocycles. The summed E-state index contributed by atoms with van der Waals surface area (Å²) in [5, 5.41) is 0. The first kappa shape index (κ1) is 13.6. The summed E-state index contributed by atoms with van der Waals surface area (Å²) in [6, 6.07) is 0. The van der Waals surface area contributed by atoms with E-state index >= 15 is 0 Å². The molecule has 1 heterocycles. The molecule has 4 atom stereocenters. The van der Waals surface area contributed by atoms with Gasteiger partial charge in [0.1, 0.15) is 9.75 Å². The van der Waals surface area contributed by atoms with Crippen LogP contribution in [0.4, 0.5) is 0 Å². The number of halogens is 6. The van der Waals surface area contributed by atoms with Crippen molar-refractivity contribution in [2.75, 3.05) is 0 Å². The van der Waals surface area contributed by atoms with E-state index in [4.69, 9.17) is 69.6 Å². The van der Waals surface area contributed by atoms with Crippen molar-refractivity contribution in [1.82, 2.24) is 0 Å². The molecular weight excluding hydrogens is 369 g/mol. The third-order valence-electron chi connectivity index (χ3n) is 3.68. The Morgan fingerprint density at radius 3 is 1.44 bits per heavy atom. The fourth-order valence-electron chi connectivity index (χ4n) is 2.67. The molecule has 0 aromatic heterocycles. The number of alkyl halides is 6. The van der Waals surface area contributed by atoms with E-state index in [1.54, 1.807) is 0 Å². The average Bonchev–Trinajstić information content (AvgIpc) is 2.61. The van der Waals surface area contributed by atoms with Crippen molar-refractivity contribution in [3.8, 4) is 0 Å². The van der Waals surface area contributed by atoms with Gasteiger partial charge in [-0.25, -0.2) is 9.59 Å². The molecule has 9 heteroatoms. The van der Waals surface area contributed by atoms with Gasteiger partial charge >= 0.3 is 11.9 Å². The molecule has 0 aromatic rings. The molecule has 2 fully saturated rings. The van der Waals surface area contributed by atoms with Gasteiger partial charge in [0.05, 0.1) is 0 Å². The van der Waals surface area contributed by atoms with Crippen LogP contribution < -0.4 is 0 Å². The number of carbonyl (C=O) groups is 2. The lowest BCUT2D eigenvalue weighted by atomic mass is 9.82.